The highest BCUT2D eigenvalue weighted by molar-refractivity contribution is 8.15. The average molecular weight is 614 g/mol. The van der Waals surface area contributed by atoms with Gasteiger partial charge in [-0.3, -0.25) is 4.79 Å². The van der Waals surface area contributed by atoms with Gasteiger partial charge in [-0.25, -0.2) is 4.99 Å². The lowest BCUT2D eigenvalue weighted by atomic mass is 9.82. The molecule has 0 bridgehead atoms. The van der Waals surface area contributed by atoms with E-state index in [1.165, 1.54) is 17.7 Å². The minimum absolute atomic E-state index is 0.146. The van der Waals surface area contributed by atoms with E-state index in [1.807, 2.05) is 28.2 Å². The number of rotatable bonds is 7. The summed E-state index contributed by atoms with van der Waals surface area (Å²) < 4.78 is -0.650. The first kappa shape index (κ1) is 30.3. The molecule has 0 aromatic heterocycles. The number of benzene rings is 5. The maximum Gasteiger partial charge on any atom is 0.222 e. The molecule has 0 atom stereocenters. The molecule has 1 N–H and O–H groups in total. The van der Waals surface area contributed by atoms with E-state index in [1.54, 1.807) is 11.8 Å². The largest absolute Gasteiger partial charge is 0.378 e. The Labute approximate surface area is 270 Å². The van der Waals surface area contributed by atoms with Crippen LogP contribution in [0.4, 0.5) is 28.4 Å². The molecule has 0 fully saturated rings. The summed E-state index contributed by atoms with van der Waals surface area (Å²) in [4.78, 5) is 24.0. The van der Waals surface area contributed by atoms with E-state index in [2.05, 4.69) is 136 Å². The zero-order valence-corrected chi connectivity index (χ0v) is 27.5. The summed E-state index contributed by atoms with van der Waals surface area (Å²) in [5, 5.41) is 6.03. The minimum Gasteiger partial charge on any atom is -0.378 e. The Hall–Kier alpha value is -4.75. The van der Waals surface area contributed by atoms with Crippen LogP contribution in [-0.4, -0.2) is 45.8 Å². The van der Waals surface area contributed by atoms with E-state index in [0.29, 0.717) is 5.17 Å². The van der Waals surface area contributed by atoms with Crippen molar-refractivity contribution in [2.24, 2.45) is 4.99 Å². The fourth-order valence-electron chi connectivity index (χ4n) is 6.06. The van der Waals surface area contributed by atoms with Gasteiger partial charge in [0, 0.05) is 70.0 Å². The molecule has 5 aromatic rings. The highest BCUT2D eigenvalue weighted by Crippen LogP contribution is 2.55. The van der Waals surface area contributed by atoms with E-state index in [4.69, 9.17) is 4.99 Å². The van der Waals surface area contributed by atoms with Crippen LogP contribution in [0.1, 0.15) is 30.5 Å². The summed E-state index contributed by atoms with van der Waals surface area (Å²) in [7, 11) is 8.20. The molecule has 1 heterocycles. The molecule has 0 radical (unpaired) electrons. The molecule has 0 saturated heterocycles. The number of hydrogen-bond donors (Lipinski definition) is 1. The molecule has 6 rings (SSSR count). The van der Waals surface area contributed by atoms with Crippen molar-refractivity contribution in [3.63, 3.8) is 0 Å². The number of carbonyl (C=O) groups is 1. The summed E-state index contributed by atoms with van der Waals surface area (Å²) >= 11 is 1.58. The number of amides is 1. The Balaban J connectivity index is 1.55. The maximum atomic E-state index is 12.4. The van der Waals surface area contributed by atoms with Crippen molar-refractivity contribution in [1.82, 2.24) is 5.32 Å². The van der Waals surface area contributed by atoms with Gasteiger partial charge in [-0.1, -0.05) is 72.4 Å². The second kappa shape index (κ2) is 12.3. The predicted octanol–water partition coefficient (Wildman–Crippen LogP) is 8.29. The number of fused-ring (bicyclic) bond motifs is 2. The second-order valence-electron chi connectivity index (χ2n) is 11.7. The van der Waals surface area contributed by atoms with Crippen LogP contribution in [0, 0.1) is 0 Å². The molecule has 0 spiro atoms. The van der Waals surface area contributed by atoms with Gasteiger partial charge in [0.1, 0.15) is 4.75 Å². The lowest BCUT2D eigenvalue weighted by molar-refractivity contribution is -0.117. The molecule has 1 aliphatic heterocycles. The summed E-state index contributed by atoms with van der Waals surface area (Å²) in [6.07, 6.45) is 0. The molecular weight excluding hydrogens is 575 g/mol. The number of anilines is 4. The monoisotopic (exact) mass is 613 g/mol. The molecule has 5 aromatic carbocycles. The Morgan fingerprint density at radius 2 is 1.24 bits per heavy atom. The van der Waals surface area contributed by atoms with Gasteiger partial charge < -0.3 is 20.0 Å². The second-order valence-corrected chi connectivity index (χ2v) is 12.9. The zero-order valence-electron chi connectivity index (χ0n) is 26.7. The zero-order chi connectivity index (χ0) is 31.7. The van der Waals surface area contributed by atoms with Crippen molar-refractivity contribution >= 4 is 62.0 Å². The Morgan fingerprint density at radius 1 is 0.711 bits per heavy atom. The number of thioether (sulfide) groups is 1. The van der Waals surface area contributed by atoms with Crippen molar-refractivity contribution in [2.45, 2.75) is 18.6 Å². The van der Waals surface area contributed by atoms with Crippen LogP contribution in [0.5, 0.6) is 0 Å². The molecule has 0 aliphatic carbocycles. The molecule has 228 valence electrons. The predicted molar refractivity (Wildman–Crippen MR) is 193 cm³/mol. The lowest BCUT2D eigenvalue weighted by Gasteiger charge is -2.39. The molecule has 45 heavy (non-hydrogen) atoms. The number of nitrogens with zero attached hydrogens (tertiary/aromatic N) is 4. The molecule has 1 aliphatic rings. The van der Waals surface area contributed by atoms with E-state index in [0.717, 1.165) is 51.7 Å². The fraction of sp³-hybridized carbons (Fsp3) is 0.211. The first-order chi connectivity index (χ1) is 21.7. The van der Waals surface area contributed by atoms with Gasteiger partial charge in [0.05, 0.1) is 5.69 Å². The van der Waals surface area contributed by atoms with E-state index < -0.39 is 4.75 Å². The maximum absolute atomic E-state index is 12.4. The van der Waals surface area contributed by atoms with Crippen molar-refractivity contribution in [2.75, 3.05) is 49.4 Å². The van der Waals surface area contributed by atoms with Gasteiger partial charge in [-0.05, 0) is 77.4 Å². The lowest BCUT2D eigenvalue weighted by Crippen LogP contribution is -2.36. The van der Waals surface area contributed by atoms with Gasteiger partial charge in [-0.15, -0.1) is 0 Å². The number of carbonyl (C=O) groups excluding carboxylic acids is 1. The minimum atomic E-state index is -0.650. The van der Waals surface area contributed by atoms with Crippen LogP contribution < -0.4 is 20.0 Å². The quantitative estimate of drug-likeness (QED) is 0.200. The van der Waals surface area contributed by atoms with Gasteiger partial charge in [-0.2, -0.15) is 0 Å². The van der Waals surface area contributed by atoms with Crippen molar-refractivity contribution in [3.05, 3.63) is 126 Å². The molecule has 7 heteroatoms. The smallest absolute Gasteiger partial charge is 0.222 e. The SMILES string of the molecule is CCN(c1ccc2c(c1)N=C(NC(C)=O)SC2(c1ccc(N(C)C)cc1)c1ccc(N(C)C)cc1)c1ccc2ccccc2c1. The third-order valence-corrected chi connectivity index (χ3v) is 9.75. The first-order valence-corrected chi connectivity index (χ1v) is 16.0. The van der Waals surface area contributed by atoms with Gasteiger partial charge in [0.15, 0.2) is 5.17 Å². The van der Waals surface area contributed by atoms with Gasteiger partial charge in [0.25, 0.3) is 0 Å². The first-order valence-electron chi connectivity index (χ1n) is 15.2. The van der Waals surface area contributed by atoms with Gasteiger partial charge in [0.2, 0.25) is 5.91 Å². The molecule has 0 saturated carbocycles. The number of nitrogens with one attached hydrogen (secondary N) is 1. The molecule has 6 nitrogen and oxygen atoms in total. The van der Waals surface area contributed by atoms with E-state index >= 15 is 0 Å². The Bertz CT molecular complexity index is 1830. The van der Waals surface area contributed by atoms with Crippen LogP contribution in [0.2, 0.25) is 0 Å². The van der Waals surface area contributed by atoms with Crippen LogP contribution in [-0.2, 0) is 9.54 Å². The summed E-state index contributed by atoms with van der Waals surface area (Å²) in [6.45, 7) is 4.49. The number of hydrogen-bond acceptors (Lipinski definition) is 6. The van der Waals surface area contributed by atoms with Crippen LogP contribution in [0.25, 0.3) is 10.8 Å². The van der Waals surface area contributed by atoms with Gasteiger partial charge >= 0.3 is 0 Å². The van der Waals surface area contributed by atoms with Crippen LogP contribution in [0.15, 0.2) is 114 Å². The van der Waals surface area contributed by atoms with E-state index in [-0.39, 0.29) is 5.91 Å². The topological polar surface area (TPSA) is 51.2 Å². The highest BCUT2D eigenvalue weighted by Gasteiger charge is 2.43. The van der Waals surface area contributed by atoms with Crippen molar-refractivity contribution < 1.29 is 4.79 Å². The fourth-order valence-corrected chi connectivity index (χ4v) is 7.48. The van der Waals surface area contributed by atoms with Crippen LogP contribution >= 0.6 is 11.8 Å². The summed E-state index contributed by atoms with van der Waals surface area (Å²) in [6, 6.07) is 39.0. The standard InChI is InChI=1S/C38H39N5OS/c1-7-43(33-17-12-27-10-8-9-11-28(27)24-33)34-22-23-35-36(25-34)40-37(39-26(2)44)45-38(35,29-13-18-31(19-14-29)41(3)4)30-15-20-32(21-16-30)42(5)6/h8-25H,7H2,1-6H3,(H,39,40,44). The Kier molecular flexibility index (Phi) is 8.30. The summed E-state index contributed by atoms with van der Waals surface area (Å²) in [5.74, 6) is -0.146. The molecule has 1 amide bonds. The third-order valence-electron chi connectivity index (χ3n) is 8.37. The third kappa shape index (κ3) is 5.76. The van der Waals surface area contributed by atoms with E-state index in [9.17, 15) is 4.79 Å². The molecular formula is C38H39N5OS. The normalized spacial score (nSPS) is 13.5. The highest BCUT2D eigenvalue weighted by atomic mass is 32.2. The molecule has 0 unspecified atom stereocenters. The van der Waals surface area contributed by atoms with Crippen molar-refractivity contribution in [3.8, 4) is 0 Å². The van der Waals surface area contributed by atoms with Crippen LogP contribution in [0.3, 0.4) is 0 Å². The Morgan fingerprint density at radius 3 is 1.80 bits per heavy atom. The number of aliphatic imine (C=N–C) groups is 1. The summed E-state index contributed by atoms with van der Waals surface area (Å²) in [5.41, 5.74) is 8.56. The number of amidine groups is 1. The average Bonchev–Trinajstić information content (AvgIpc) is 3.04. The van der Waals surface area contributed by atoms with Crippen molar-refractivity contribution in [1.29, 1.82) is 0 Å².